The average molecular weight is 193 g/mol. The van der Waals surface area contributed by atoms with Crippen molar-refractivity contribution in [2.75, 3.05) is 7.11 Å². The van der Waals surface area contributed by atoms with E-state index in [9.17, 15) is 4.79 Å². The zero-order chi connectivity index (χ0) is 10.1. The predicted octanol–water partition coefficient (Wildman–Crippen LogP) is 0.102. The fraction of sp³-hybridized carbons (Fsp3) is 0.444. The molecule has 1 aliphatic rings. The second-order valence-corrected chi connectivity index (χ2v) is 3.16. The molecule has 0 bridgehead atoms. The largest absolute Gasteiger partial charge is 0.468 e. The van der Waals surface area contributed by atoms with E-state index in [1.54, 1.807) is 6.20 Å². The van der Waals surface area contributed by atoms with E-state index in [2.05, 4.69) is 20.0 Å². The molecule has 1 aromatic rings. The van der Waals surface area contributed by atoms with Crippen LogP contribution in [-0.2, 0) is 16.1 Å². The van der Waals surface area contributed by atoms with E-state index in [1.807, 2.05) is 6.92 Å². The minimum atomic E-state index is -0.407. The monoisotopic (exact) mass is 193 g/mol. The number of aryl methyl sites for hydroxylation is 1. The lowest BCUT2D eigenvalue weighted by Gasteiger charge is -2.07. The number of hydrogen-bond acceptors (Lipinski definition) is 5. The van der Waals surface area contributed by atoms with Gasteiger partial charge < -0.3 is 4.74 Å². The molecule has 0 fully saturated rings. The Kier molecular flexibility index (Phi) is 2.17. The first-order chi connectivity index (χ1) is 6.72. The Bertz CT molecular complexity index is 378. The zero-order valence-corrected chi connectivity index (χ0v) is 8.07. The number of nitrogens with one attached hydrogen (secondary N) is 1. The van der Waals surface area contributed by atoms with Gasteiger partial charge in [0.2, 0.25) is 0 Å². The van der Waals surface area contributed by atoms with Crippen molar-refractivity contribution in [2.45, 2.75) is 19.5 Å². The van der Waals surface area contributed by atoms with Gasteiger partial charge >= 0.3 is 5.97 Å². The summed E-state index contributed by atoms with van der Waals surface area (Å²) in [5.74, 6) is 0.423. The maximum atomic E-state index is 11.3. The summed E-state index contributed by atoms with van der Waals surface area (Å²) in [7, 11) is 1.37. The molecule has 14 heavy (non-hydrogen) atoms. The number of aromatic nitrogens is 2. The van der Waals surface area contributed by atoms with E-state index < -0.39 is 6.04 Å². The van der Waals surface area contributed by atoms with E-state index in [4.69, 9.17) is 0 Å². The van der Waals surface area contributed by atoms with Crippen molar-refractivity contribution in [1.29, 1.82) is 0 Å². The summed E-state index contributed by atoms with van der Waals surface area (Å²) in [6.07, 6.45) is 1.68. The van der Waals surface area contributed by atoms with Crippen molar-refractivity contribution in [1.82, 2.24) is 15.3 Å². The molecule has 1 unspecified atom stereocenters. The van der Waals surface area contributed by atoms with Crippen LogP contribution in [0.5, 0.6) is 0 Å². The number of esters is 1. The van der Waals surface area contributed by atoms with E-state index in [-0.39, 0.29) is 5.97 Å². The van der Waals surface area contributed by atoms with Crippen LogP contribution in [0.15, 0.2) is 6.20 Å². The lowest BCUT2D eigenvalue weighted by atomic mass is 10.1. The molecular formula is C9H11N3O2. The van der Waals surface area contributed by atoms with Crippen LogP contribution in [0.4, 0.5) is 0 Å². The number of carbonyl (C=O) groups excluding carboxylic acids is 1. The van der Waals surface area contributed by atoms with Crippen molar-refractivity contribution in [3.05, 3.63) is 23.3 Å². The summed E-state index contributed by atoms with van der Waals surface area (Å²) in [4.78, 5) is 19.6. The highest BCUT2D eigenvalue weighted by Gasteiger charge is 2.30. The Morgan fingerprint density at radius 1 is 1.71 bits per heavy atom. The number of fused-ring (bicyclic) bond motifs is 1. The predicted molar refractivity (Wildman–Crippen MR) is 48.4 cm³/mol. The zero-order valence-electron chi connectivity index (χ0n) is 8.07. The molecule has 0 saturated heterocycles. The molecule has 2 heterocycles. The van der Waals surface area contributed by atoms with E-state index in [1.165, 1.54) is 7.11 Å². The third-order valence-corrected chi connectivity index (χ3v) is 2.24. The van der Waals surface area contributed by atoms with Crippen LogP contribution in [0.1, 0.15) is 23.1 Å². The highest BCUT2D eigenvalue weighted by Crippen LogP contribution is 2.23. The van der Waals surface area contributed by atoms with Crippen molar-refractivity contribution >= 4 is 5.97 Å². The summed E-state index contributed by atoms with van der Waals surface area (Å²) in [5, 5.41) is 3.02. The van der Waals surface area contributed by atoms with Gasteiger partial charge in [-0.15, -0.1) is 0 Å². The van der Waals surface area contributed by atoms with Gasteiger partial charge in [0.25, 0.3) is 0 Å². The van der Waals surface area contributed by atoms with E-state index in [0.29, 0.717) is 6.54 Å². The van der Waals surface area contributed by atoms with Crippen LogP contribution in [0.3, 0.4) is 0 Å². The van der Waals surface area contributed by atoms with Gasteiger partial charge in [0.05, 0.1) is 12.8 Å². The summed E-state index contributed by atoms with van der Waals surface area (Å²) in [6.45, 7) is 2.42. The minimum absolute atomic E-state index is 0.295. The van der Waals surface area contributed by atoms with E-state index in [0.717, 1.165) is 17.1 Å². The second-order valence-electron chi connectivity index (χ2n) is 3.16. The van der Waals surface area contributed by atoms with Gasteiger partial charge in [-0.1, -0.05) is 0 Å². The first-order valence-corrected chi connectivity index (χ1v) is 4.36. The summed E-state index contributed by atoms with van der Waals surface area (Å²) in [5.41, 5.74) is 1.70. The van der Waals surface area contributed by atoms with Gasteiger partial charge in [-0.05, 0) is 6.92 Å². The molecule has 1 N–H and O–H groups in total. The van der Waals surface area contributed by atoms with Crippen molar-refractivity contribution in [3.8, 4) is 0 Å². The van der Waals surface area contributed by atoms with Gasteiger partial charge in [0.15, 0.2) is 0 Å². The van der Waals surface area contributed by atoms with Crippen LogP contribution < -0.4 is 5.32 Å². The molecular weight excluding hydrogens is 182 g/mol. The smallest absolute Gasteiger partial charge is 0.327 e. The Hall–Kier alpha value is -1.49. The number of ether oxygens (including phenoxy) is 1. The summed E-state index contributed by atoms with van der Waals surface area (Å²) in [6, 6.07) is -0.407. The lowest BCUT2D eigenvalue weighted by Crippen LogP contribution is -2.23. The Morgan fingerprint density at radius 2 is 2.50 bits per heavy atom. The first-order valence-electron chi connectivity index (χ1n) is 4.36. The molecule has 5 heteroatoms. The normalized spacial score (nSPS) is 19.1. The standard InChI is InChI=1S/C9H11N3O2/c1-5-10-3-6-7(12-5)4-11-8(6)9(13)14-2/h3,8,11H,4H2,1-2H3. The number of rotatable bonds is 1. The first kappa shape index (κ1) is 9.08. The molecule has 1 aromatic heterocycles. The van der Waals surface area contributed by atoms with E-state index >= 15 is 0 Å². The fourth-order valence-corrected chi connectivity index (χ4v) is 1.55. The van der Waals surface area contributed by atoms with Crippen molar-refractivity contribution < 1.29 is 9.53 Å². The lowest BCUT2D eigenvalue weighted by molar-refractivity contribution is -0.143. The molecule has 2 rings (SSSR count). The van der Waals surface area contributed by atoms with Crippen LogP contribution in [-0.4, -0.2) is 23.0 Å². The number of hydrogen-bond donors (Lipinski definition) is 1. The quantitative estimate of drug-likeness (QED) is 0.641. The molecule has 0 amide bonds. The Labute approximate surface area is 81.5 Å². The highest BCUT2D eigenvalue weighted by atomic mass is 16.5. The third kappa shape index (κ3) is 1.35. The van der Waals surface area contributed by atoms with Gasteiger partial charge in [-0.25, -0.2) is 14.8 Å². The number of carbonyl (C=O) groups is 1. The molecule has 74 valence electrons. The van der Waals surface area contributed by atoms with Gasteiger partial charge in [-0.3, -0.25) is 5.32 Å². The van der Waals surface area contributed by atoms with Crippen molar-refractivity contribution in [2.24, 2.45) is 0 Å². The molecule has 0 aromatic carbocycles. The molecule has 5 nitrogen and oxygen atoms in total. The molecule has 1 aliphatic heterocycles. The molecule has 0 saturated carbocycles. The maximum absolute atomic E-state index is 11.3. The summed E-state index contributed by atoms with van der Waals surface area (Å²) < 4.78 is 4.66. The van der Waals surface area contributed by atoms with Crippen LogP contribution >= 0.6 is 0 Å². The average Bonchev–Trinajstić information content (AvgIpc) is 2.59. The van der Waals surface area contributed by atoms with Gasteiger partial charge in [-0.2, -0.15) is 0 Å². The molecule has 0 radical (unpaired) electrons. The van der Waals surface area contributed by atoms with Crippen LogP contribution in [0, 0.1) is 6.92 Å². The second kappa shape index (κ2) is 3.34. The maximum Gasteiger partial charge on any atom is 0.327 e. The SMILES string of the molecule is COC(=O)C1NCc2nc(C)ncc21. The molecule has 0 spiro atoms. The van der Waals surface area contributed by atoms with Gasteiger partial charge in [0.1, 0.15) is 11.9 Å². The fourth-order valence-electron chi connectivity index (χ4n) is 1.55. The number of nitrogens with zero attached hydrogens (tertiary/aromatic N) is 2. The van der Waals surface area contributed by atoms with Crippen molar-refractivity contribution in [3.63, 3.8) is 0 Å². The highest BCUT2D eigenvalue weighted by molar-refractivity contribution is 5.78. The minimum Gasteiger partial charge on any atom is -0.468 e. The van der Waals surface area contributed by atoms with Crippen LogP contribution in [0.25, 0.3) is 0 Å². The Morgan fingerprint density at radius 3 is 3.21 bits per heavy atom. The van der Waals surface area contributed by atoms with Gasteiger partial charge in [0, 0.05) is 18.3 Å². The summed E-state index contributed by atoms with van der Waals surface area (Å²) >= 11 is 0. The molecule has 1 atom stereocenters. The van der Waals surface area contributed by atoms with Crippen LogP contribution in [0.2, 0.25) is 0 Å². The number of methoxy groups -OCH3 is 1. The molecule has 0 aliphatic carbocycles. The third-order valence-electron chi connectivity index (χ3n) is 2.24. The topological polar surface area (TPSA) is 64.1 Å². The Balaban J connectivity index is 2.35.